The van der Waals surface area contributed by atoms with Gasteiger partial charge < -0.3 is 10.4 Å². The zero-order valence-electron chi connectivity index (χ0n) is 11.6. The minimum absolute atomic E-state index is 0.0674. The van der Waals surface area contributed by atoms with Crippen LogP contribution < -0.4 is 5.32 Å². The summed E-state index contributed by atoms with van der Waals surface area (Å²) >= 11 is 0. The number of amides is 1. The number of carbonyl (C=O) groups is 2. The van der Waals surface area contributed by atoms with Crippen molar-refractivity contribution in [3.05, 3.63) is 12.2 Å². The van der Waals surface area contributed by atoms with Crippen molar-refractivity contribution in [3.8, 4) is 0 Å². The van der Waals surface area contributed by atoms with Crippen molar-refractivity contribution in [2.24, 2.45) is 12.5 Å². The Labute approximate surface area is 117 Å². The first-order valence-corrected chi connectivity index (χ1v) is 6.86. The topological polar surface area (TPSA) is 97.1 Å². The summed E-state index contributed by atoms with van der Waals surface area (Å²) in [5.41, 5.74) is -0.854. The molecule has 0 spiro atoms. The van der Waals surface area contributed by atoms with E-state index in [0.29, 0.717) is 31.6 Å². The van der Waals surface area contributed by atoms with Gasteiger partial charge in [-0.05, 0) is 12.8 Å². The molecule has 1 aromatic heterocycles. The summed E-state index contributed by atoms with van der Waals surface area (Å²) in [5.74, 6) is -0.386. The first kappa shape index (κ1) is 14.5. The highest BCUT2D eigenvalue weighted by molar-refractivity contribution is 5.85. The Kier molecular flexibility index (Phi) is 4.36. The number of carbonyl (C=O) groups excluding carboxylic acids is 1. The van der Waals surface area contributed by atoms with Gasteiger partial charge in [-0.2, -0.15) is 5.10 Å². The van der Waals surface area contributed by atoms with Crippen molar-refractivity contribution < 1.29 is 14.7 Å². The van der Waals surface area contributed by atoms with Gasteiger partial charge in [0.1, 0.15) is 6.33 Å². The van der Waals surface area contributed by atoms with E-state index in [9.17, 15) is 14.7 Å². The summed E-state index contributed by atoms with van der Waals surface area (Å²) in [5, 5.41) is 16.2. The van der Waals surface area contributed by atoms with Gasteiger partial charge >= 0.3 is 5.97 Å². The number of rotatable bonds is 6. The zero-order chi connectivity index (χ0) is 14.6. The van der Waals surface area contributed by atoms with Crippen LogP contribution in [0.15, 0.2) is 6.33 Å². The second kappa shape index (κ2) is 6.02. The fourth-order valence-electron chi connectivity index (χ4n) is 2.70. The van der Waals surface area contributed by atoms with E-state index in [4.69, 9.17) is 0 Å². The fourth-order valence-corrected chi connectivity index (χ4v) is 2.70. The molecule has 110 valence electrons. The highest BCUT2D eigenvalue weighted by Crippen LogP contribution is 2.41. The highest BCUT2D eigenvalue weighted by atomic mass is 16.4. The van der Waals surface area contributed by atoms with Gasteiger partial charge in [0, 0.05) is 26.4 Å². The largest absolute Gasteiger partial charge is 0.481 e. The quantitative estimate of drug-likeness (QED) is 0.791. The minimum Gasteiger partial charge on any atom is -0.481 e. The van der Waals surface area contributed by atoms with Gasteiger partial charge in [-0.3, -0.25) is 14.3 Å². The van der Waals surface area contributed by atoms with Gasteiger partial charge in [-0.1, -0.05) is 12.8 Å². The number of nitrogens with one attached hydrogen (secondary N) is 1. The molecule has 1 aliphatic rings. The van der Waals surface area contributed by atoms with E-state index in [2.05, 4.69) is 15.4 Å². The summed E-state index contributed by atoms with van der Waals surface area (Å²) in [4.78, 5) is 27.3. The number of carboxylic acids is 1. The summed E-state index contributed by atoms with van der Waals surface area (Å²) in [6, 6.07) is 0. The second-order valence-corrected chi connectivity index (χ2v) is 5.40. The summed E-state index contributed by atoms with van der Waals surface area (Å²) < 4.78 is 1.61. The van der Waals surface area contributed by atoms with Crippen LogP contribution >= 0.6 is 0 Å². The predicted octanol–water partition coefficient (Wildman–Crippen LogP) is 0.509. The molecule has 20 heavy (non-hydrogen) atoms. The van der Waals surface area contributed by atoms with Gasteiger partial charge in [0.15, 0.2) is 5.82 Å². The minimum atomic E-state index is -0.854. The molecule has 1 amide bonds. The lowest BCUT2D eigenvalue weighted by atomic mass is 9.82. The van der Waals surface area contributed by atoms with E-state index >= 15 is 0 Å². The Morgan fingerprint density at radius 2 is 2.15 bits per heavy atom. The van der Waals surface area contributed by atoms with Crippen LogP contribution in [0.3, 0.4) is 0 Å². The average molecular weight is 280 g/mol. The number of aryl methyl sites for hydroxylation is 1. The molecule has 0 bridgehead atoms. The monoisotopic (exact) mass is 280 g/mol. The fraction of sp³-hybridized carbons (Fsp3) is 0.692. The number of carboxylic acid groups (broad SMARTS) is 1. The van der Waals surface area contributed by atoms with E-state index < -0.39 is 11.4 Å². The lowest BCUT2D eigenvalue weighted by molar-refractivity contribution is -0.151. The predicted molar refractivity (Wildman–Crippen MR) is 70.9 cm³/mol. The molecule has 7 heteroatoms. The zero-order valence-corrected chi connectivity index (χ0v) is 11.6. The normalized spacial score (nSPS) is 17.1. The number of aromatic nitrogens is 3. The molecule has 0 aromatic carbocycles. The van der Waals surface area contributed by atoms with Gasteiger partial charge in [0.05, 0.1) is 5.41 Å². The van der Waals surface area contributed by atoms with E-state index in [-0.39, 0.29) is 12.3 Å². The van der Waals surface area contributed by atoms with Gasteiger partial charge in [-0.15, -0.1) is 0 Å². The molecule has 1 aromatic rings. The Bertz CT molecular complexity index is 492. The molecule has 7 nitrogen and oxygen atoms in total. The Balaban J connectivity index is 1.78. The lowest BCUT2D eigenvalue weighted by Gasteiger charge is -2.22. The molecule has 0 aliphatic heterocycles. The third-order valence-corrected chi connectivity index (χ3v) is 3.83. The van der Waals surface area contributed by atoms with Crippen LogP contribution in [-0.2, 0) is 23.1 Å². The molecule has 1 saturated carbocycles. The second-order valence-electron chi connectivity index (χ2n) is 5.40. The molecule has 0 saturated heterocycles. The maximum absolute atomic E-state index is 11.9. The van der Waals surface area contributed by atoms with Crippen LogP contribution in [0, 0.1) is 5.41 Å². The lowest BCUT2D eigenvalue weighted by Crippen LogP contribution is -2.36. The maximum atomic E-state index is 11.9. The van der Waals surface area contributed by atoms with Crippen molar-refractivity contribution in [1.82, 2.24) is 20.1 Å². The Morgan fingerprint density at radius 3 is 2.70 bits per heavy atom. The first-order valence-electron chi connectivity index (χ1n) is 6.86. The molecular formula is C13H20N4O3. The van der Waals surface area contributed by atoms with E-state index in [1.165, 1.54) is 0 Å². The number of hydrogen-bond acceptors (Lipinski definition) is 4. The van der Waals surface area contributed by atoms with Crippen molar-refractivity contribution in [1.29, 1.82) is 0 Å². The average Bonchev–Trinajstić information content (AvgIpc) is 2.99. The van der Waals surface area contributed by atoms with E-state index in [1.54, 1.807) is 18.1 Å². The first-order chi connectivity index (χ1) is 9.52. The van der Waals surface area contributed by atoms with Crippen LogP contribution in [0.5, 0.6) is 0 Å². The van der Waals surface area contributed by atoms with Crippen molar-refractivity contribution in [2.75, 3.05) is 6.54 Å². The molecule has 2 N–H and O–H groups in total. The molecule has 1 aliphatic carbocycles. The van der Waals surface area contributed by atoms with Crippen LogP contribution in [0.25, 0.3) is 0 Å². The van der Waals surface area contributed by atoms with E-state index in [0.717, 1.165) is 12.8 Å². The summed E-state index contributed by atoms with van der Waals surface area (Å²) in [6.45, 7) is 0.429. The van der Waals surface area contributed by atoms with Crippen molar-refractivity contribution in [2.45, 2.75) is 38.5 Å². The Morgan fingerprint density at radius 1 is 1.45 bits per heavy atom. The molecule has 0 radical (unpaired) electrons. The van der Waals surface area contributed by atoms with Gasteiger partial charge in [-0.25, -0.2) is 4.98 Å². The van der Waals surface area contributed by atoms with Gasteiger partial charge in [0.2, 0.25) is 5.91 Å². The van der Waals surface area contributed by atoms with Crippen LogP contribution in [0.4, 0.5) is 0 Å². The smallest absolute Gasteiger partial charge is 0.310 e. The number of hydrogen-bond donors (Lipinski definition) is 2. The molecule has 0 unspecified atom stereocenters. The Hall–Kier alpha value is -1.92. The molecule has 0 atom stereocenters. The van der Waals surface area contributed by atoms with Crippen LogP contribution in [0.1, 0.15) is 37.9 Å². The number of aliphatic carboxylic acids is 1. The standard InChI is InChI=1S/C13H20N4O3/c1-17-9-15-10(16-17)4-7-14-11(18)8-13(12(19)20)5-2-3-6-13/h9H,2-8H2,1H3,(H,14,18)(H,19,20). The third kappa shape index (κ3) is 3.34. The molecule has 1 heterocycles. The van der Waals surface area contributed by atoms with Crippen molar-refractivity contribution >= 4 is 11.9 Å². The highest BCUT2D eigenvalue weighted by Gasteiger charge is 2.42. The van der Waals surface area contributed by atoms with Crippen LogP contribution in [0.2, 0.25) is 0 Å². The SMILES string of the molecule is Cn1cnc(CCNC(=O)CC2(C(=O)O)CCCC2)n1. The van der Waals surface area contributed by atoms with Gasteiger partial charge in [0.25, 0.3) is 0 Å². The van der Waals surface area contributed by atoms with E-state index in [1.807, 2.05) is 0 Å². The summed E-state index contributed by atoms with van der Waals surface area (Å²) in [6.07, 6.45) is 5.18. The molecular weight excluding hydrogens is 260 g/mol. The van der Waals surface area contributed by atoms with Crippen molar-refractivity contribution in [3.63, 3.8) is 0 Å². The number of nitrogens with zero attached hydrogens (tertiary/aromatic N) is 3. The molecule has 2 rings (SSSR count). The maximum Gasteiger partial charge on any atom is 0.310 e. The van der Waals surface area contributed by atoms with Crippen LogP contribution in [-0.4, -0.2) is 38.3 Å². The third-order valence-electron chi connectivity index (χ3n) is 3.83. The molecule has 1 fully saturated rings. The summed E-state index contributed by atoms with van der Waals surface area (Å²) in [7, 11) is 1.78.